The van der Waals surface area contributed by atoms with Crippen LogP contribution < -0.4 is 0 Å². The predicted molar refractivity (Wildman–Crippen MR) is 97.8 cm³/mol. The van der Waals surface area contributed by atoms with Crippen molar-refractivity contribution in [2.24, 2.45) is 0 Å². The van der Waals surface area contributed by atoms with Crippen LogP contribution in [0.25, 0.3) is 0 Å². The minimum atomic E-state index is -0.500. The molecule has 0 aromatic carbocycles. The summed E-state index contributed by atoms with van der Waals surface area (Å²) in [5.74, 6) is -0.979. The maximum Gasteiger partial charge on any atom is 0.331 e. The highest BCUT2D eigenvalue weighted by Crippen LogP contribution is 2.10. The van der Waals surface area contributed by atoms with Crippen molar-refractivity contribution < 1.29 is 19.1 Å². The molecule has 0 heterocycles. The molecule has 24 heavy (non-hydrogen) atoms. The molecule has 0 aromatic heterocycles. The number of esters is 2. The molecule has 0 saturated carbocycles. The van der Waals surface area contributed by atoms with E-state index in [9.17, 15) is 9.59 Å². The van der Waals surface area contributed by atoms with Gasteiger partial charge in [-0.15, -0.1) is 0 Å². The van der Waals surface area contributed by atoms with Crippen molar-refractivity contribution in [1.29, 1.82) is 0 Å². The molecular weight excluding hydrogens is 304 g/mol. The Balaban J connectivity index is 3.44. The molecule has 0 N–H and O–H groups in total. The van der Waals surface area contributed by atoms with Crippen molar-refractivity contribution in [3.05, 3.63) is 12.2 Å². The predicted octanol–water partition coefficient (Wildman–Crippen LogP) is 5.35. The van der Waals surface area contributed by atoms with Crippen molar-refractivity contribution in [3.63, 3.8) is 0 Å². The van der Waals surface area contributed by atoms with Gasteiger partial charge in [-0.2, -0.15) is 0 Å². The molecule has 0 radical (unpaired) electrons. The molecule has 0 aliphatic heterocycles. The normalized spacial score (nSPS) is 12.3. The second kappa shape index (κ2) is 16.5. The third-order valence-corrected chi connectivity index (χ3v) is 3.99. The number of rotatable bonds is 15. The minimum absolute atomic E-state index is 0.134. The van der Waals surface area contributed by atoms with Gasteiger partial charge in [-0.05, 0) is 19.8 Å². The van der Waals surface area contributed by atoms with E-state index in [2.05, 4.69) is 6.92 Å². The summed E-state index contributed by atoms with van der Waals surface area (Å²) in [7, 11) is 0. The van der Waals surface area contributed by atoms with Crippen molar-refractivity contribution in [2.75, 3.05) is 6.61 Å². The van der Waals surface area contributed by atoms with Crippen LogP contribution in [0, 0.1) is 0 Å². The van der Waals surface area contributed by atoms with E-state index < -0.39 is 11.9 Å². The van der Waals surface area contributed by atoms with E-state index in [4.69, 9.17) is 9.47 Å². The first-order valence-electron chi connectivity index (χ1n) is 9.65. The largest absolute Gasteiger partial charge is 0.463 e. The molecule has 0 bridgehead atoms. The molecule has 1 atom stereocenters. The lowest BCUT2D eigenvalue weighted by molar-refractivity contribution is -0.143. The molecule has 4 heteroatoms. The summed E-state index contributed by atoms with van der Waals surface area (Å²) in [5.41, 5.74) is 0. The summed E-state index contributed by atoms with van der Waals surface area (Å²) in [6, 6.07) is 0. The third-order valence-electron chi connectivity index (χ3n) is 3.99. The number of carbonyl (C=O) groups excluding carboxylic acids is 2. The van der Waals surface area contributed by atoms with Crippen LogP contribution in [0.4, 0.5) is 0 Å². The third kappa shape index (κ3) is 15.6. The van der Waals surface area contributed by atoms with E-state index in [1.165, 1.54) is 51.4 Å². The van der Waals surface area contributed by atoms with E-state index in [0.717, 1.165) is 31.4 Å². The Morgan fingerprint density at radius 3 is 1.83 bits per heavy atom. The van der Waals surface area contributed by atoms with Crippen LogP contribution in [-0.2, 0) is 19.1 Å². The fraction of sp³-hybridized carbons (Fsp3) is 0.800. The zero-order valence-corrected chi connectivity index (χ0v) is 15.9. The number of carbonyl (C=O) groups is 2. The van der Waals surface area contributed by atoms with E-state index in [-0.39, 0.29) is 6.10 Å². The molecule has 0 amide bonds. The molecule has 0 aliphatic rings. The summed E-state index contributed by atoms with van der Waals surface area (Å²) in [5, 5.41) is 0. The summed E-state index contributed by atoms with van der Waals surface area (Å²) in [6.07, 6.45) is 15.3. The second-order valence-electron chi connectivity index (χ2n) is 6.34. The molecule has 0 aromatic rings. The van der Waals surface area contributed by atoms with Gasteiger partial charge in [-0.1, -0.05) is 71.6 Å². The lowest BCUT2D eigenvalue weighted by atomic mass is 10.1. The highest BCUT2D eigenvalue weighted by Gasteiger charge is 2.05. The van der Waals surface area contributed by atoms with Crippen LogP contribution in [0.15, 0.2) is 12.2 Å². The maximum atomic E-state index is 11.4. The van der Waals surface area contributed by atoms with Gasteiger partial charge in [0.15, 0.2) is 0 Å². The van der Waals surface area contributed by atoms with Crippen molar-refractivity contribution in [2.45, 2.75) is 97.5 Å². The average molecular weight is 341 g/mol. The van der Waals surface area contributed by atoms with Gasteiger partial charge in [0.2, 0.25) is 0 Å². The number of ether oxygens (including phenoxy) is 2. The Kier molecular flexibility index (Phi) is 15.6. The smallest absolute Gasteiger partial charge is 0.331 e. The first-order valence-corrected chi connectivity index (χ1v) is 9.65. The highest BCUT2D eigenvalue weighted by molar-refractivity contribution is 5.91. The molecule has 4 nitrogen and oxygen atoms in total. The summed E-state index contributed by atoms with van der Waals surface area (Å²) in [6.45, 7) is 6.40. The van der Waals surface area contributed by atoms with Crippen LogP contribution >= 0.6 is 0 Å². The van der Waals surface area contributed by atoms with E-state index in [1.807, 2.05) is 13.8 Å². The van der Waals surface area contributed by atoms with Gasteiger partial charge in [0.25, 0.3) is 0 Å². The SMILES string of the molecule is CCCCCCCCCCCCOC(=O)/C=C/C(=O)OC(C)CC. The molecular formula is C20H36O4. The molecule has 0 aliphatic carbocycles. The molecule has 0 fully saturated rings. The minimum Gasteiger partial charge on any atom is -0.463 e. The number of unbranched alkanes of at least 4 members (excludes halogenated alkanes) is 9. The molecule has 0 rings (SSSR count). The van der Waals surface area contributed by atoms with E-state index in [1.54, 1.807) is 0 Å². The van der Waals surface area contributed by atoms with Crippen molar-refractivity contribution >= 4 is 11.9 Å². The zero-order valence-electron chi connectivity index (χ0n) is 15.9. The van der Waals surface area contributed by atoms with E-state index in [0.29, 0.717) is 6.61 Å². The van der Waals surface area contributed by atoms with Crippen LogP contribution in [0.3, 0.4) is 0 Å². The van der Waals surface area contributed by atoms with Gasteiger partial charge >= 0.3 is 11.9 Å². The monoisotopic (exact) mass is 340 g/mol. The summed E-state index contributed by atoms with van der Waals surface area (Å²) >= 11 is 0. The van der Waals surface area contributed by atoms with Crippen molar-refractivity contribution in [3.8, 4) is 0 Å². The first-order chi connectivity index (χ1) is 11.6. The standard InChI is InChI=1S/C20H36O4/c1-4-6-7-8-9-10-11-12-13-14-17-23-19(21)15-16-20(22)24-18(3)5-2/h15-16,18H,4-14,17H2,1-3H3/b16-15+. The summed E-state index contributed by atoms with van der Waals surface area (Å²) < 4.78 is 10.1. The summed E-state index contributed by atoms with van der Waals surface area (Å²) in [4.78, 5) is 22.8. The van der Waals surface area contributed by atoms with Gasteiger partial charge in [-0.25, -0.2) is 9.59 Å². The van der Waals surface area contributed by atoms with E-state index >= 15 is 0 Å². The lowest BCUT2D eigenvalue weighted by Gasteiger charge is -2.07. The molecule has 0 spiro atoms. The lowest BCUT2D eigenvalue weighted by Crippen LogP contribution is -2.12. The van der Waals surface area contributed by atoms with Crippen LogP contribution in [-0.4, -0.2) is 24.6 Å². The van der Waals surface area contributed by atoms with Gasteiger partial charge < -0.3 is 9.47 Å². The fourth-order valence-corrected chi connectivity index (χ4v) is 2.27. The van der Waals surface area contributed by atoms with Crippen LogP contribution in [0.2, 0.25) is 0 Å². The van der Waals surface area contributed by atoms with Gasteiger partial charge in [0.05, 0.1) is 12.7 Å². The average Bonchev–Trinajstić information content (AvgIpc) is 2.57. The molecule has 0 saturated heterocycles. The Morgan fingerprint density at radius 1 is 0.792 bits per heavy atom. The number of hydrogen-bond acceptors (Lipinski definition) is 4. The van der Waals surface area contributed by atoms with Crippen molar-refractivity contribution in [1.82, 2.24) is 0 Å². The molecule has 140 valence electrons. The Morgan fingerprint density at radius 2 is 1.29 bits per heavy atom. The van der Waals surface area contributed by atoms with Gasteiger partial charge in [0, 0.05) is 12.2 Å². The number of hydrogen-bond donors (Lipinski definition) is 0. The van der Waals surface area contributed by atoms with Crippen LogP contribution in [0.1, 0.15) is 91.4 Å². The van der Waals surface area contributed by atoms with Gasteiger partial charge in [-0.3, -0.25) is 0 Å². The Hall–Kier alpha value is -1.32. The topological polar surface area (TPSA) is 52.6 Å². The quantitative estimate of drug-likeness (QED) is 0.229. The second-order valence-corrected chi connectivity index (χ2v) is 6.34. The van der Waals surface area contributed by atoms with Crippen LogP contribution in [0.5, 0.6) is 0 Å². The molecule has 1 unspecified atom stereocenters. The Labute approximate surface area is 148 Å². The zero-order chi connectivity index (χ0) is 18.0. The van der Waals surface area contributed by atoms with Gasteiger partial charge in [0.1, 0.15) is 0 Å². The fourth-order valence-electron chi connectivity index (χ4n) is 2.27. The Bertz CT molecular complexity index is 350. The first kappa shape index (κ1) is 22.7. The maximum absolute atomic E-state index is 11.4. The highest BCUT2D eigenvalue weighted by atomic mass is 16.5.